The highest BCUT2D eigenvalue weighted by atomic mass is 32.2. The molecular formula is C18H20N2O2S. The quantitative estimate of drug-likeness (QED) is 0.479. The van der Waals surface area contributed by atoms with Gasteiger partial charge < -0.3 is 4.74 Å². The van der Waals surface area contributed by atoms with Crippen LogP contribution >= 0.6 is 11.8 Å². The molecule has 0 radical (unpaired) electrons. The van der Waals surface area contributed by atoms with Gasteiger partial charge in [0.1, 0.15) is 5.75 Å². The Hall–Kier alpha value is -2.27. The Morgan fingerprint density at radius 1 is 1.17 bits per heavy atom. The number of carbonyl (C=O) groups excluding carboxylic acids is 1. The number of carbonyl (C=O) groups is 1. The molecule has 4 nitrogen and oxygen atoms in total. The third-order valence-corrected chi connectivity index (χ3v) is 4.19. The lowest BCUT2D eigenvalue weighted by Gasteiger charge is -2.05. The lowest BCUT2D eigenvalue weighted by Crippen LogP contribution is -2.19. The second kappa shape index (κ2) is 9.00. The fourth-order valence-electron chi connectivity index (χ4n) is 1.89. The molecule has 0 fully saturated rings. The zero-order valence-electron chi connectivity index (χ0n) is 13.3. The number of nitrogens with one attached hydrogen (secondary N) is 1. The van der Waals surface area contributed by atoms with E-state index in [2.05, 4.69) is 10.5 Å². The molecule has 0 atom stereocenters. The molecule has 0 aliphatic heterocycles. The number of hydrogen-bond donors (Lipinski definition) is 1. The summed E-state index contributed by atoms with van der Waals surface area (Å²) in [6, 6.07) is 17.6. The normalized spacial score (nSPS) is 11.1. The molecule has 120 valence electrons. The van der Waals surface area contributed by atoms with Crippen molar-refractivity contribution in [3.8, 4) is 5.75 Å². The van der Waals surface area contributed by atoms with Gasteiger partial charge in [0.2, 0.25) is 5.91 Å². The molecule has 1 amide bonds. The van der Waals surface area contributed by atoms with Crippen LogP contribution in [0, 0.1) is 0 Å². The smallest absolute Gasteiger partial charge is 0.240 e. The molecule has 0 spiro atoms. The molecule has 0 bridgehead atoms. The van der Waals surface area contributed by atoms with Gasteiger partial charge in [-0.15, -0.1) is 11.8 Å². The molecule has 0 aromatic heterocycles. The monoisotopic (exact) mass is 328 g/mol. The van der Waals surface area contributed by atoms with E-state index in [0.717, 1.165) is 27.7 Å². The highest BCUT2D eigenvalue weighted by Crippen LogP contribution is 2.17. The molecule has 5 heteroatoms. The van der Waals surface area contributed by atoms with Gasteiger partial charge in [0, 0.05) is 22.6 Å². The Labute approximate surface area is 140 Å². The van der Waals surface area contributed by atoms with Crippen molar-refractivity contribution in [1.29, 1.82) is 0 Å². The molecule has 0 aliphatic rings. The van der Waals surface area contributed by atoms with Gasteiger partial charge in [0.05, 0.1) is 12.8 Å². The summed E-state index contributed by atoms with van der Waals surface area (Å²) in [7, 11) is 1.62. The predicted molar refractivity (Wildman–Crippen MR) is 95.1 cm³/mol. The van der Waals surface area contributed by atoms with E-state index in [1.165, 1.54) is 0 Å². The summed E-state index contributed by atoms with van der Waals surface area (Å²) in [5.74, 6) is 1.40. The number of rotatable bonds is 7. The molecule has 2 aromatic rings. The van der Waals surface area contributed by atoms with Crippen LogP contribution in [0.1, 0.15) is 18.9 Å². The minimum Gasteiger partial charge on any atom is -0.497 e. The number of hydrazone groups is 1. The van der Waals surface area contributed by atoms with E-state index in [9.17, 15) is 4.79 Å². The van der Waals surface area contributed by atoms with Crippen LogP contribution in [0.15, 0.2) is 64.6 Å². The molecule has 2 rings (SSSR count). The average molecular weight is 328 g/mol. The molecule has 2 aromatic carbocycles. The molecule has 0 saturated heterocycles. The molecule has 1 N–H and O–H groups in total. The van der Waals surface area contributed by atoms with Crippen molar-refractivity contribution in [2.24, 2.45) is 5.10 Å². The third-order valence-electron chi connectivity index (χ3n) is 3.18. The van der Waals surface area contributed by atoms with Crippen LogP contribution in [0.4, 0.5) is 0 Å². The summed E-state index contributed by atoms with van der Waals surface area (Å²) < 4.78 is 5.18. The molecule has 23 heavy (non-hydrogen) atoms. The summed E-state index contributed by atoms with van der Waals surface area (Å²) in [6.07, 6.45) is 0.425. The molecule has 0 aliphatic carbocycles. The van der Waals surface area contributed by atoms with Gasteiger partial charge in [-0.3, -0.25) is 4.79 Å². The lowest BCUT2D eigenvalue weighted by atomic mass is 10.1. The van der Waals surface area contributed by atoms with Crippen LogP contribution in [0.25, 0.3) is 0 Å². The number of amides is 1. The highest BCUT2D eigenvalue weighted by Gasteiger charge is 2.03. The summed E-state index contributed by atoms with van der Waals surface area (Å²) in [5.41, 5.74) is 4.26. The molecule has 0 unspecified atom stereocenters. The first-order chi connectivity index (χ1) is 11.2. The molecule has 0 saturated carbocycles. The van der Waals surface area contributed by atoms with Gasteiger partial charge >= 0.3 is 0 Å². The summed E-state index contributed by atoms with van der Waals surface area (Å²) in [5, 5.41) is 4.15. The van der Waals surface area contributed by atoms with Crippen molar-refractivity contribution < 1.29 is 9.53 Å². The lowest BCUT2D eigenvalue weighted by molar-refractivity contribution is -0.120. The Morgan fingerprint density at radius 3 is 2.70 bits per heavy atom. The third kappa shape index (κ3) is 5.79. The maximum atomic E-state index is 11.8. The van der Waals surface area contributed by atoms with Crippen molar-refractivity contribution in [1.82, 2.24) is 5.43 Å². The molecule has 0 heterocycles. The van der Waals surface area contributed by atoms with E-state index in [0.29, 0.717) is 6.42 Å². The summed E-state index contributed by atoms with van der Waals surface area (Å²) >= 11 is 1.66. The van der Waals surface area contributed by atoms with Gasteiger partial charge in [0.15, 0.2) is 0 Å². The highest BCUT2D eigenvalue weighted by molar-refractivity contribution is 7.99. The van der Waals surface area contributed by atoms with Crippen molar-refractivity contribution in [2.45, 2.75) is 18.2 Å². The van der Waals surface area contributed by atoms with Gasteiger partial charge in [0.25, 0.3) is 0 Å². The standard InChI is InChI=1S/C18H20N2O2S/c1-14(15-7-6-8-16(13-15)22-2)19-20-18(21)11-12-23-17-9-4-3-5-10-17/h3-10,13H,11-12H2,1-2H3,(H,20,21)/b19-14+. The van der Waals surface area contributed by atoms with E-state index in [1.54, 1.807) is 18.9 Å². The van der Waals surface area contributed by atoms with Gasteiger partial charge in [-0.2, -0.15) is 5.10 Å². The zero-order chi connectivity index (χ0) is 16.5. The van der Waals surface area contributed by atoms with Gasteiger partial charge in [-0.05, 0) is 31.2 Å². The van der Waals surface area contributed by atoms with E-state index in [1.807, 2.05) is 61.5 Å². The zero-order valence-corrected chi connectivity index (χ0v) is 14.1. The number of hydrogen-bond acceptors (Lipinski definition) is 4. The minimum atomic E-state index is -0.0873. The fraction of sp³-hybridized carbons (Fsp3) is 0.222. The first-order valence-electron chi connectivity index (χ1n) is 7.34. The number of nitrogens with zero attached hydrogens (tertiary/aromatic N) is 1. The van der Waals surface area contributed by atoms with Crippen molar-refractivity contribution >= 4 is 23.4 Å². The van der Waals surface area contributed by atoms with Crippen LogP contribution in [0.2, 0.25) is 0 Å². The summed E-state index contributed by atoms with van der Waals surface area (Å²) in [4.78, 5) is 13.0. The Bertz CT molecular complexity index is 672. The van der Waals surface area contributed by atoms with E-state index in [-0.39, 0.29) is 5.91 Å². The Balaban J connectivity index is 1.80. The number of benzene rings is 2. The fourth-order valence-corrected chi connectivity index (χ4v) is 2.77. The molecular weight excluding hydrogens is 308 g/mol. The second-order valence-electron chi connectivity index (χ2n) is 4.88. The van der Waals surface area contributed by atoms with E-state index >= 15 is 0 Å². The first-order valence-corrected chi connectivity index (χ1v) is 8.33. The van der Waals surface area contributed by atoms with Crippen molar-refractivity contribution in [2.75, 3.05) is 12.9 Å². The van der Waals surface area contributed by atoms with E-state index in [4.69, 9.17) is 4.74 Å². The minimum absolute atomic E-state index is 0.0873. The van der Waals surface area contributed by atoms with Crippen LogP contribution in [-0.2, 0) is 4.79 Å². The first kappa shape index (κ1) is 17.1. The summed E-state index contributed by atoms with van der Waals surface area (Å²) in [6.45, 7) is 1.85. The van der Waals surface area contributed by atoms with Gasteiger partial charge in [-0.25, -0.2) is 5.43 Å². The predicted octanol–water partition coefficient (Wildman–Crippen LogP) is 3.72. The SMILES string of the molecule is COc1cccc(/C(C)=N/NC(=O)CCSc2ccccc2)c1. The maximum absolute atomic E-state index is 11.8. The Kier molecular flexibility index (Phi) is 6.69. The topological polar surface area (TPSA) is 50.7 Å². The number of methoxy groups -OCH3 is 1. The second-order valence-corrected chi connectivity index (χ2v) is 6.04. The van der Waals surface area contributed by atoms with E-state index < -0.39 is 0 Å². The average Bonchev–Trinajstić information content (AvgIpc) is 2.60. The largest absolute Gasteiger partial charge is 0.497 e. The van der Waals surface area contributed by atoms with Crippen LogP contribution in [0.3, 0.4) is 0 Å². The number of thioether (sulfide) groups is 1. The van der Waals surface area contributed by atoms with Gasteiger partial charge in [-0.1, -0.05) is 30.3 Å². The van der Waals surface area contributed by atoms with Crippen LogP contribution in [0.5, 0.6) is 5.75 Å². The van der Waals surface area contributed by atoms with Crippen LogP contribution in [-0.4, -0.2) is 24.5 Å². The van der Waals surface area contributed by atoms with Crippen molar-refractivity contribution in [3.63, 3.8) is 0 Å². The maximum Gasteiger partial charge on any atom is 0.240 e. The Morgan fingerprint density at radius 2 is 1.96 bits per heavy atom. The van der Waals surface area contributed by atoms with Crippen molar-refractivity contribution in [3.05, 3.63) is 60.2 Å². The van der Waals surface area contributed by atoms with Crippen LogP contribution < -0.4 is 10.2 Å². The number of ether oxygens (including phenoxy) is 1.